The molecule has 3 rings (SSSR count). The summed E-state index contributed by atoms with van der Waals surface area (Å²) < 4.78 is 0. The summed E-state index contributed by atoms with van der Waals surface area (Å²) in [5.74, 6) is 0.485. The van der Waals surface area contributed by atoms with Crippen LogP contribution in [0.5, 0.6) is 0 Å². The standard InChI is InChI=1S/C18H21N7O2/c1-18(2,3)13-9-14(25-24-13)22-17-20-10-19-16(23-17)21-12-6-4-11(5-7-12)8-15(26)27/h4-7,9-10H,8H2,1-3H3,(H,26,27)(H3,19,20,21,22,23,24,25). The minimum absolute atomic E-state index is 0.0136. The van der Waals surface area contributed by atoms with Crippen LogP contribution in [-0.4, -0.2) is 36.2 Å². The summed E-state index contributed by atoms with van der Waals surface area (Å²) in [6.45, 7) is 6.28. The highest BCUT2D eigenvalue weighted by Crippen LogP contribution is 2.23. The summed E-state index contributed by atoms with van der Waals surface area (Å²) in [5, 5.41) is 22.1. The van der Waals surface area contributed by atoms with Crippen molar-refractivity contribution in [3.63, 3.8) is 0 Å². The predicted molar refractivity (Wildman–Crippen MR) is 101 cm³/mol. The molecule has 2 heterocycles. The molecule has 0 saturated heterocycles. The highest BCUT2D eigenvalue weighted by Gasteiger charge is 2.17. The number of nitrogens with zero attached hydrogens (tertiary/aromatic N) is 4. The largest absolute Gasteiger partial charge is 0.481 e. The summed E-state index contributed by atoms with van der Waals surface area (Å²) in [6, 6.07) is 8.96. The van der Waals surface area contributed by atoms with Crippen LogP contribution in [0.25, 0.3) is 0 Å². The minimum Gasteiger partial charge on any atom is -0.481 e. The number of hydrogen-bond acceptors (Lipinski definition) is 7. The first-order valence-corrected chi connectivity index (χ1v) is 8.39. The van der Waals surface area contributed by atoms with Crippen LogP contribution in [-0.2, 0) is 16.6 Å². The Balaban J connectivity index is 1.68. The fraction of sp³-hybridized carbons (Fsp3) is 0.278. The molecule has 9 heteroatoms. The highest BCUT2D eigenvalue weighted by atomic mass is 16.4. The van der Waals surface area contributed by atoms with Crippen LogP contribution >= 0.6 is 0 Å². The Kier molecular flexibility index (Phi) is 5.02. The number of hydrogen-bond donors (Lipinski definition) is 4. The van der Waals surface area contributed by atoms with E-state index < -0.39 is 5.97 Å². The number of carboxylic acid groups (broad SMARTS) is 1. The predicted octanol–water partition coefficient (Wildman–Crippen LogP) is 3.01. The van der Waals surface area contributed by atoms with Gasteiger partial charge in [-0.1, -0.05) is 32.9 Å². The lowest BCUT2D eigenvalue weighted by Gasteiger charge is -2.14. The van der Waals surface area contributed by atoms with Crippen molar-refractivity contribution in [1.82, 2.24) is 25.1 Å². The monoisotopic (exact) mass is 367 g/mol. The van der Waals surface area contributed by atoms with Crippen molar-refractivity contribution in [2.75, 3.05) is 10.6 Å². The van der Waals surface area contributed by atoms with Crippen LogP contribution in [0.3, 0.4) is 0 Å². The molecule has 0 bridgehead atoms. The van der Waals surface area contributed by atoms with E-state index in [1.807, 2.05) is 6.07 Å². The second-order valence-corrected chi connectivity index (χ2v) is 7.07. The van der Waals surface area contributed by atoms with Gasteiger partial charge in [0.05, 0.1) is 6.42 Å². The summed E-state index contributed by atoms with van der Waals surface area (Å²) in [7, 11) is 0. The van der Waals surface area contributed by atoms with Gasteiger partial charge in [-0.2, -0.15) is 10.1 Å². The van der Waals surface area contributed by atoms with E-state index in [4.69, 9.17) is 5.11 Å². The summed E-state index contributed by atoms with van der Waals surface area (Å²) >= 11 is 0. The molecule has 140 valence electrons. The molecule has 0 aliphatic rings. The van der Waals surface area contributed by atoms with Crippen molar-refractivity contribution in [3.8, 4) is 0 Å². The van der Waals surface area contributed by atoms with Crippen LogP contribution in [0.4, 0.5) is 23.4 Å². The SMILES string of the molecule is CC(C)(C)c1cc(Nc2ncnc(Nc3ccc(CC(=O)O)cc3)n2)n[nH]1. The van der Waals surface area contributed by atoms with Gasteiger partial charge >= 0.3 is 5.97 Å². The number of H-pyrrole nitrogens is 1. The lowest BCUT2D eigenvalue weighted by Crippen LogP contribution is -2.11. The fourth-order valence-corrected chi connectivity index (χ4v) is 2.31. The number of aliphatic carboxylic acids is 1. The lowest BCUT2D eigenvalue weighted by atomic mass is 9.92. The van der Waals surface area contributed by atoms with Crippen LogP contribution in [0.2, 0.25) is 0 Å². The molecule has 0 aliphatic carbocycles. The first-order chi connectivity index (χ1) is 12.8. The zero-order valence-electron chi connectivity index (χ0n) is 15.3. The van der Waals surface area contributed by atoms with Gasteiger partial charge in [0.1, 0.15) is 6.33 Å². The maximum Gasteiger partial charge on any atom is 0.307 e. The number of nitrogens with one attached hydrogen (secondary N) is 3. The molecular weight excluding hydrogens is 346 g/mol. The number of benzene rings is 1. The molecule has 0 unspecified atom stereocenters. The van der Waals surface area contributed by atoms with E-state index in [2.05, 4.69) is 56.6 Å². The summed E-state index contributed by atoms with van der Waals surface area (Å²) in [5.41, 5.74) is 2.43. The van der Waals surface area contributed by atoms with Crippen molar-refractivity contribution in [2.45, 2.75) is 32.6 Å². The average Bonchev–Trinajstić information content (AvgIpc) is 3.05. The zero-order chi connectivity index (χ0) is 19.4. The topological polar surface area (TPSA) is 129 Å². The number of rotatable bonds is 6. The van der Waals surface area contributed by atoms with Crippen LogP contribution in [0, 0.1) is 0 Å². The van der Waals surface area contributed by atoms with Gasteiger partial charge in [0.25, 0.3) is 0 Å². The Morgan fingerprint density at radius 1 is 1.11 bits per heavy atom. The molecule has 2 aromatic heterocycles. The van der Waals surface area contributed by atoms with Crippen molar-refractivity contribution < 1.29 is 9.90 Å². The van der Waals surface area contributed by atoms with Crippen LogP contribution < -0.4 is 10.6 Å². The number of carbonyl (C=O) groups is 1. The Morgan fingerprint density at radius 3 is 2.37 bits per heavy atom. The van der Waals surface area contributed by atoms with Crippen molar-refractivity contribution in [2.24, 2.45) is 0 Å². The quantitative estimate of drug-likeness (QED) is 0.523. The fourth-order valence-electron chi connectivity index (χ4n) is 2.31. The van der Waals surface area contributed by atoms with E-state index in [9.17, 15) is 4.79 Å². The van der Waals surface area contributed by atoms with Crippen molar-refractivity contribution in [3.05, 3.63) is 47.9 Å². The summed E-state index contributed by atoms with van der Waals surface area (Å²) in [4.78, 5) is 23.2. The number of aromatic amines is 1. The number of anilines is 4. The smallest absolute Gasteiger partial charge is 0.307 e. The molecule has 4 N–H and O–H groups in total. The van der Waals surface area contributed by atoms with E-state index >= 15 is 0 Å². The Labute approximate surface area is 156 Å². The van der Waals surface area contributed by atoms with Gasteiger partial charge in [-0.25, -0.2) is 9.97 Å². The zero-order valence-corrected chi connectivity index (χ0v) is 15.3. The van der Waals surface area contributed by atoms with E-state index in [-0.39, 0.29) is 11.8 Å². The van der Waals surface area contributed by atoms with Crippen LogP contribution in [0.1, 0.15) is 32.0 Å². The molecule has 0 amide bonds. The molecule has 0 atom stereocenters. The third-order valence-electron chi connectivity index (χ3n) is 3.76. The Bertz CT molecular complexity index is 929. The number of carboxylic acids is 1. The maximum atomic E-state index is 10.7. The molecular formula is C18H21N7O2. The van der Waals surface area contributed by atoms with E-state index in [1.165, 1.54) is 6.33 Å². The second kappa shape index (κ2) is 7.40. The Hall–Kier alpha value is -3.49. The molecule has 1 aromatic carbocycles. The van der Waals surface area contributed by atoms with Gasteiger partial charge in [-0.05, 0) is 17.7 Å². The summed E-state index contributed by atoms with van der Waals surface area (Å²) in [6.07, 6.45) is 1.38. The maximum absolute atomic E-state index is 10.7. The molecule has 0 fully saturated rings. The molecule has 3 aromatic rings. The van der Waals surface area contributed by atoms with E-state index in [0.29, 0.717) is 17.7 Å². The second-order valence-electron chi connectivity index (χ2n) is 7.07. The van der Waals surface area contributed by atoms with Crippen molar-refractivity contribution in [1.29, 1.82) is 0 Å². The normalized spacial score (nSPS) is 11.2. The molecule has 9 nitrogen and oxygen atoms in total. The number of aromatic nitrogens is 5. The molecule has 0 saturated carbocycles. The van der Waals surface area contributed by atoms with Gasteiger partial charge in [0, 0.05) is 22.9 Å². The first-order valence-electron chi connectivity index (χ1n) is 8.39. The highest BCUT2D eigenvalue weighted by molar-refractivity contribution is 5.70. The Morgan fingerprint density at radius 2 is 1.78 bits per heavy atom. The van der Waals surface area contributed by atoms with Gasteiger partial charge in [0.15, 0.2) is 5.82 Å². The minimum atomic E-state index is -0.864. The first kappa shape index (κ1) is 18.3. The molecule has 0 radical (unpaired) electrons. The molecule has 0 aliphatic heterocycles. The third kappa shape index (κ3) is 5.00. The van der Waals surface area contributed by atoms with Gasteiger partial charge in [0.2, 0.25) is 11.9 Å². The van der Waals surface area contributed by atoms with E-state index in [0.717, 1.165) is 16.9 Å². The third-order valence-corrected chi connectivity index (χ3v) is 3.76. The van der Waals surface area contributed by atoms with Crippen LogP contribution in [0.15, 0.2) is 36.7 Å². The lowest BCUT2D eigenvalue weighted by molar-refractivity contribution is -0.136. The van der Waals surface area contributed by atoms with Gasteiger partial charge < -0.3 is 15.7 Å². The van der Waals surface area contributed by atoms with E-state index in [1.54, 1.807) is 24.3 Å². The van der Waals surface area contributed by atoms with Gasteiger partial charge in [-0.3, -0.25) is 9.89 Å². The molecule has 0 spiro atoms. The van der Waals surface area contributed by atoms with Gasteiger partial charge in [-0.15, -0.1) is 0 Å². The van der Waals surface area contributed by atoms with Crippen molar-refractivity contribution >= 4 is 29.4 Å². The molecule has 27 heavy (non-hydrogen) atoms. The average molecular weight is 367 g/mol.